The Balaban J connectivity index is 3.62. The molecule has 0 aromatic heterocycles. The van der Waals surface area contributed by atoms with Gasteiger partial charge in [0.15, 0.2) is 12.1 Å². The average molecular weight is 217 g/mol. The zero-order valence-electron chi connectivity index (χ0n) is 7.49. The van der Waals surface area contributed by atoms with Gasteiger partial charge in [0.2, 0.25) is 11.6 Å². The molecule has 0 aliphatic heterocycles. The summed E-state index contributed by atoms with van der Waals surface area (Å²) in [5, 5.41) is 10.4. The number of nitro groups is 1. The van der Waals surface area contributed by atoms with Gasteiger partial charge in [0, 0.05) is 0 Å². The average Bonchev–Trinajstić information content (AvgIpc) is 2.19. The lowest BCUT2D eigenvalue weighted by atomic mass is 10.2. The predicted octanol–water partition coefficient (Wildman–Crippen LogP) is 1.69. The van der Waals surface area contributed by atoms with Crippen molar-refractivity contribution < 1.29 is 23.2 Å². The standard InChI is InChI=1S/C8H5F2NO4/c1-15-8-5(9)2-4(3-12)6(10)7(8)11(13)14/h2-3H,1H3. The Morgan fingerprint density at radius 3 is 2.53 bits per heavy atom. The number of nitrogens with zero attached hydrogens (tertiary/aromatic N) is 1. The van der Waals surface area contributed by atoms with E-state index < -0.39 is 33.6 Å². The molecule has 0 saturated heterocycles. The molecule has 0 aliphatic rings. The first-order valence-corrected chi connectivity index (χ1v) is 3.68. The fourth-order valence-electron chi connectivity index (χ4n) is 1.06. The molecule has 7 heteroatoms. The summed E-state index contributed by atoms with van der Waals surface area (Å²) in [7, 11) is 0.964. The fourth-order valence-corrected chi connectivity index (χ4v) is 1.06. The van der Waals surface area contributed by atoms with Crippen molar-refractivity contribution in [2.45, 2.75) is 0 Å². The quantitative estimate of drug-likeness (QED) is 0.439. The van der Waals surface area contributed by atoms with Crippen molar-refractivity contribution in [1.82, 2.24) is 0 Å². The number of ether oxygens (including phenoxy) is 1. The topological polar surface area (TPSA) is 69.4 Å². The molecule has 0 radical (unpaired) electrons. The smallest absolute Gasteiger partial charge is 0.350 e. The third-order valence-corrected chi connectivity index (χ3v) is 1.69. The van der Waals surface area contributed by atoms with E-state index in [4.69, 9.17) is 0 Å². The van der Waals surface area contributed by atoms with Crippen LogP contribution >= 0.6 is 0 Å². The van der Waals surface area contributed by atoms with Gasteiger partial charge < -0.3 is 4.74 Å². The van der Waals surface area contributed by atoms with Gasteiger partial charge in [-0.05, 0) is 6.07 Å². The molecule has 15 heavy (non-hydrogen) atoms. The maximum atomic E-state index is 13.2. The summed E-state index contributed by atoms with van der Waals surface area (Å²) in [5.74, 6) is -3.40. The minimum absolute atomic E-state index is 0.00907. The molecule has 80 valence electrons. The molecule has 5 nitrogen and oxygen atoms in total. The van der Waals surface area contributed by atoms with E-state index in [1.165, 1.54) is 0 Å². The summed E-state index contributed by atoms with van der Waals surface area (Å²) < 4.78 is 30.7. The van der Waals surface area contributed by atoms with Crippen molar-refractivity contribution in [3.05, 3.63) is 33.4 Å². The Bertz CT molecular complexity index is 433. The number of nitro benzene ring substituents is 1. The summed E-state index contributed by atoms with van der Waals surface area (Å²) >= 11 is 0. The van der Waals surface area contributed by atoms with Crippen LogP contribution in [-0.4, -0.2) is 18.3 Å². The van der Waals surface area contributed by atoms with Crippen molar-refractivity contribution in [2.24, 2.45) is 0 Å². The molecule has 0 bridgehead atoms. The molecule has 1 aromatic carbocycles. The largest absolute Gasteiger partial charge is 0.488 e. The van der Waals surface area contributed by atoms with E-state index in [0.717, 1.165) is 7.11 Å². The molecule has 0 aliphatic carbocycles. The van der Waals surface area contributed by atoms with Crippen LogP contribution < -0.4 is 4.74 Å². The number of carbonyl (C=O) groups is 1. The first-order valence-electron chi connectivity index (χ1n) is 3.68. The number of methoxy groups -OCH3 is 1. The van der Waals surface area contributed by atoms with Gasteiger partial charge in [-0.3, -0.25) is 14.9 Å². The summed E-state index contributed by atoms with van der Waals surface area (Å²) in [4.78, 5) is 19.6. The number of carbonyl (C=O) groups excluding carboxylic acids is 1. The molecule has 0 saturated carbocycles. The third-order valence-electron chi connectivity index (χ3n) is 1.69. The normalized spacial score (nSPS) is 9.80. The number of halogens is 2. The highest BCUT2D eigenvalue weighted by molar-refractivity contribution is 5.78. The van der Waals surface area contributed by atoms with Gasteiger partial charge in [0.25, 0.3) is 0 Å². The Hall–Kier alpha value is -2.05. The van der Waals surface area contributed by atoms with E-state index in [2.05, 4.69) is 4.74 Å². The third kappa shape index (κ3) is 1.76. The first-order chi connectivity index (χ1) is 7.02. The minimum Gasteiger partial charge on any atom is -0.488 e. The number of rotatable bonds is 3. The van der Waals surface area contributed by atoms with Gasteiger partial charge in [-0.2, -0.15) is 4.39 Å². The fraction of sp³-hybridized carbons (Fsp3) is 0.125. The van der Waals surface area contributed by atoms with Gasteiger partial charge in [0.05, 0.1) is 17.6 Å². The molecule has 0 N–H and O–H groups in total. The second-order valence-corrected chi connectivity index (χ2v) is 2.52. The van der Waals surface area contributed by atoms with E-state index in [9.17, 15) is 23.7 Å². The molecule has 0 heterocycles. The summed E-state index contributed by atoms with van der Waals surface area (Å²) in [6.07, 6.45) is -0.00907. The summed E-state index contributed by atoms with van der Waals surface area (Å²) in [5.41, 5.74) is -1.90. The van der Waals surface area contributed by atoms with Crippen LogP contribution in [0.2, 0.25) is 0 Å². The molecule has 0 spiro atoms. The van der Waals surface area contributed by atoms with Gasteiger partial charge in [-0.1, -0.05) is 0 Å². The van der Waals surface area contributed by atoms with Crippen molar-refractivity contribution in [3.8, 4) is 5.75 Å². The summed E-state index contributed by atoms with van der Waals surface area (Å²) in [6.45, 7) is 0. The van der Waals surface area contributed by atoms with E-state index in [1.807, 2.05) is 0 Å². The minimum atomic E-state index is -1.41. The highest BCUT2D eigenvalue weighted by Gasteiger charge is 2.28. The SMILES string of the molecule is COc1c(F)cc(C=O)c(F)c1[N+](=O)[O-]. The predicted molar refractivity (Wildman–Crippen MR) is 45.0 cm³/mol. The van der Waals surface area contributed by atoms with Gasteiger partial charge in [0.1, 0.15) is 0 Å². The van der Waals surface area contributed by atoms with Gasteiger partial charge in [-0.25, -0.2) is 4.39 Å². The maximum Gasteiger partial charge on any atom is 0.350 e. The molecule has 1 rings (SSSR count). The lowest BCUT2D eigenvalue weighted by Crippen LogP contribution is -2.03. The highest BCUT2D eigenvalue weighted by Crippen LogP contribution is 2.34. The number of hydrogen-bond donors (Lipinski definition) is 0. The number of aldehydes is 1. The zero-order valence-corrected chi connectivity index (χ0v) is 7.49. The molecule has 0 fully saturated rings. The van der Waals surface area contributed by atoms with Crippen LogP contribution in [0, 0.1) is 21.7 Å². The van der Waals surface area contributed by atoms with Crippen molar-refractivity contribution >= 4 is 12.0 Å². The van der Waals surface area contributed by atoms with E-state index >= 15 is 0 Å². The molecule has 0 amide bonds. The lowest BCUT2D eigenvalue weighted by Gasteiger charge is -2.04. The molecule has 1 aromatic rings. The zero-order chi connectivity index (χ0) is 11.6. The van der Waals surface area contributed by atoms with E-state index in [0.29, 0.717) is 6.07 Å². The van der Waals surface area contributed by atoms with Crippen molar-refractivity contribution in [2.75, 3.05) is 7.11 Å². The molecular formula is C8H5F2NO4. The Morgan fingerprint density at radius 2 is 2.13 bits per heavy atom. The van der Waals surface area contributed by atoms with Gasteiger partial charge >= 0.3 is 5.69 Å². The van der Waals surface area contributed by atoms with Crippen molar-refractivity contribution in [3.63, 3.8) is 0 Å². The second-order valence-electron chi connectivity index (χ2n) is 2.52. The van der Waals surface area contributed by atoms with Crippen molar-refractivity contribution in [1.29, 1.82) is 0 Å². The van der Waals surface area contributed by atoms with Crippen LogP contribution in [0.3, 0.4) is 0 Å². The Kier molecular flexibility index (Phi) is 2.93. The van der Waals surface area contributed by atoms with Crippen LogP contribution in [0.1, 0.15) is 10.4 Å². The van der Waals surface area contributed by atoms with Crippen LogP contribution in [0.4, 0.5) is 14.5 Å². The number of benzene rings is 1. The Morgan fingerprint density at radius 1 is 1.53 bits per heavy atom. The van der Waals surface area contributed by atoms with Crippen LogP contribution in [0.25, 0.3) is 0 Å². The van der Waals surface area contributed by atoms with Gasteiger partial charge in [-0.15, -0.1) is 0 Å². The molecule has 0 unspecified atom stereocenters. The summed E-state index contributed by atoms with van der Waals surface area (Å²) in [6, 6.07) is 0.536. The lowest BCUT2D eigenvalue weighted by molar-refractivity contribution is -0.388. The second kappa shape index (κ2) is 3.99. The molecule has 0 atom stereocenters. The van der Waals surface area contributed by atoms with Crippen LogP contribution in [-0.2, 0) is 0 Å². The van der Waals surface area contributed by atoms with E-state index in [1.54, 1.807) is 0 Å². The van der Waals surface area contributed by atoms with Crippen LogP contribution in [0.15, 0.2) is 6.07 Å². The highest BCUT2D eigenvalue weighted by atomic mass is 19.1. The first kappa shape index (κ1) is 11.0. The maximum absolute atomic E-state index is 13.2. The number of hydrogen-bond acceptors (Lipinski definition) is 4. The Labute approximate surface area is 82.4 Å². The van der Waals surface area contributed by atoms with E-state index in [-0.39, 0.29) is 6.29 Å². The molecular weight excluding hydrogens is 212 g/mol. The van der Waals surface area contributed by atoms with Crippen LogP contribution in [0.5, 0.6) is 5.75 Å². The monoisotopic (exact) mass is 217 g/mol.